The highest BCUT2D eigenvalue weighted by Gasteiger charge is 2.28. The Morgan fingerprint density at radius 3 is 2.77 bits per heavy atom. The first-order chi connectivity index (χ1) is 12.4. The number of benzene rings is 1. The number of hydrogen-bond donors (Lipinski definition) is 1. The van der Waals surface area contributed by atoms with Crippen molar-refractivity contribution in [1.82, 2.24) is 13.9 Å². The van der Waals surface area contributed by atoms with Gasteiger partial charge >= 0.3 is 0 Å². The summed E-state index contributed by atoms with van der Waals surface area (Å²) in [6.45, 7) is 1.00. The van der Waals surface area contributed by atoms with Gasteiger partial charge in [0.2, 0.25) is 5.91 Å². The Labute approximate surface area is 158 Å². The number of anilines is 1. The van der Waals surface area contributed by atoms with Gasteiger partial charge in [-0.1, -0.05) is 15.9 Å². The summed E-state index contributed by atoms with van der Waals surface area (Å²) in [4.78, 5) is 15.9. The average Bonchev–Trinajstić information content (AvgIpc) is 3.07. The topological polar surface area (TPSA) is 93.5 Å². The van der Waals surface area contributed by atoms with Crippen LogP contribution in [0.2, 0.25) is 0 Å². The summed E-state index contributed by atoms with van der Waals surface area (Å²) in [7, 11) is -3.72. The van der Waals surface area contributed by atoms with Crippen molar-refractivity contribution in [3.63, 3.8) is 0 Å². The van der Waals surface area contributed by atoms with Crippen molar-refractivity contribution in [2.24, 2.45) is 0 Å². The van der Waals surface area contributed by atoms with Crippen LogP contribution < -0.4 is 5.32 Å². The summed E-state index contributed by atoms with van der Waals surface area (Å²) in [6, 6.07) is 4.27. The molecule has 0 bridgehead atoms. The van der Waals surface area contributed by atoms with E-state index in [1.807, 2.05) is 0 Å². The molecule has 0 spiro atoms. The van der Waals surface area contributed by atoms with Crippen molar-refractivity contribution in [3.05, 3.63) is 41.0 Å². The summed E-state index contributed by atoms with van der Waals surface area (Å²) < 4.78 is 47.1. The fraction of sp³-hybridized carbons (Fsp3) is 0.333. The Hall–Kier alpha value is -1.82. The molecule has 0 saturated carbocycles. The summed E-state index contributed by atoms with van der Waals surface area (Å²) in [5.74, 6) is -1.08. The lowest BCUT2D eigenvalue weighted by molar-refractivity contribution is -0.116. The normalized spacial score (nSPS) is 15.8. The second-order valence-electron chi connectivity index (χ2n) is 5.57. The molecule has 1 fully saturated rings. The van der Waals surface area contributed by atoms with Crippen molar-refractivity contribution in [2.75, 3.05) is 31.6 Å². The van der Waals surface area contributed by atoms with Gasteiger partial charge in [0.15, 0.2) is 5.03 Å². The number of nitrogens with one attached hydrogen (secondary N) is 1. The third-order valence-corrected chi connectivity index (χ3v) is 5.99. The molecule has 11 heteroatoms. The molecule has 1 saturated heterocycles. The lowest BCUT2D eigenvalue weighted by Gasteiger charge is -2.24. The van der Waals surface area contributed by atoms with E-state index in [1.54, 1.807) is 6.07 Å². The molecule has 0 aliphatic carbocycles. The van der Waals surface area contributed by atoms with Gasteiger partial charge in [-0.15, -0.1) is 0 Å². The molecule has 1 aromatic carbocycles. The molecule has 8 nitrogen and oxygen atoms in total. The smallest absolute Gasteiger partial charge is 0.262 e. The molecule has 1 amide bonds. The number of sulfonamides is 1. The molecule has 3 rings (SSSR count). The van der Waals surface area contributed by atoms with E-state index in [9.17, 15) is 17.6 Å². The van der Waals surface area contributed by atoms with Crippen LogP contribution in [0, 0.1) is 5.82 Å². The second-order valence-corrected chi connectivity index (χ2v) is 8.37. The molecule has 0 atom stereocenters. The first-order valence-electron chi connectivity index (χ1n) is 7.71. The molecule has 140 valence electrons. The van der Waals surface area contributed by atoms with Crippen molar-refractivity contribution in [2.45, 2.75) is 11.6 Å². The molecular formula is C15H16BrFN4O4S. The molecule has 0 radical (unpaired) electrons. The van der Waals surface area contributed by atoms with Gasteiger partial charge in [-0.05, 0) is 18.2 Å². The van der Waals surface area contributed by atoms with E-state index >= 15 is 0 Å². The molecule has 1 aliphatic heterocycles. The lowest BCUT2D eigenvalue weighted by atomic mass is 10.3. The Morgan fingerprint density at radius 1 is 1.35 bits per heavy atom. The summed E-state index contributed by atoms with van der Waals surface area (Å²) in [6.07, 6.45) is 2.53. The lowest BCUT2D eigenvalue weighted by Crippen LogP contribution is -2.40. The quantitative estimate of drug-likeness (QED) is 0.749. The Morgan fingerprint density at radius 2 is 2.08 bits per heavy atom. The molecule has 2 heterocycles. The van der Waals surface area contributed by atoms with Crippen LogP contribution in [0.5, 0.6) is 0 Å². The van der Waals surface area contributed by atoms with E-state index < -0.39 is 21.7 Å². The van der Waals surface area contributed by atoms with E-state index in [0.717, 1.165) is 0 Å². The van der Waals surface area contributed by atoms with Crippen molar-refractivity contribution in [3.8, 4) is 0 Å². The van der Waals surface area contributed by atoms with E-state index in [-0.39, 0.29) is 30.3 Å². The first-order valence-corrected chi connectivity index (χ1v) is 9.94. The largest absolute Gasteiger partial charge is 0.379 e. The number of carbonyl (C=O) groups excluding carboxylic acids is 1. The number of imidazole rings is 1. The zero-order valence-electron chi connectivity index (χ0n) is 13.6. The van der Waals surface area contributed by atoms with Gasteiger partial charge in [0.05, 0.1) is 25.2 Å². The molecule has 0 unspecified atom stereocenters. The van der Waals surface area contributed by atoms with Crippen LogP contribution in [0.25, 0.3) is 0 Å². The molecule has 26 heavy (non-hydrogen) atoms. The first kappa shape index (κ1) is 19.0. The number of morpholine rings is 1. The second kappa shape index (κ2) is 7.82. The zero-order chi connectivity index (χ0) is 18.7. The van der Waals surface area contributed by atoms with Gasteiger partial charge < -0.3 is 14.6 Å². The number of carbonyl (C=O) groups is 1. The third-order valence-electron chi connectivity index (χ3n) is 3.72. The monoisotopic (exact) mass is 446 g/mol. The highest BCUT2D eigenvalue weighted by molar-refractivity contribution is 9.10. The SMILES string of the molecule is O=C(Cn1cnc(S(=O)(=O)N2CCOCC2)c1)Nc1ccc(Br)cc1F. The Kier molecular flexibility index (Phi) is 5.70. The Balaban J connectivity index is 1.67. The fourth-order valence-electron chi connectivity index (χ4n) is 2.42. The summed E-state index contributed by atoms with van der Waals surface area (Å²) >= 11 is 3.14. The number of amides is 1. The molecule has 1 aliphatic rings. The van der Waals surface area contributed by atoms with Crippen LogP contribution >= 0.6 is 15.9 Å². The maximum absolute atomic E-state index is 13.8. The predicted molar refractivity (Wildman–Crippen MR) is 94.5 cm³/mol. The molecule has 1 N–H and O–H groups in total. The van der Waals surface area contributed by atoms with Crippen LogP contribution in [0.15, 0.2) is 40.2 Å². The fourth-order valence-corrected chi connectivity index (χ4v) is 4.10. The minimum Gasteiger partial charge on any atom is -0.379 e. The van der Waals surface area contributed by atoms with Crippen LogP contribution in [-0.4, -0.2) is 54.5 Å². The number of nitrogens with zero attached hydrogens (tertiary/aromatic N) is 3. The van der Waals surface area contributed by atoms with E-state index in [1.165, 1.54) is 33.5 Å². The van der Waals surface area contributed by atoms with Crippen molar-refractivity contribution in [1.29, 1.82) is 0 Å². The highest BCUT2D eigenvalue weighted by Crippen LogP contribution is 2.19. The van der Waals surface area contributed by atoms with Gasteiger partial charge in [-0.25, -0.2) is 17.8 Å². The Bertz CT molecular complexity index is 912. The number of rotatable bonds is 5. The minimum absolute atomic E-state index is 0.0412. The van der Waals surface area contributed by atoms with E-state index in [2.05, 4.69) is 26.2 Å². The number of ether oxygens (including phenoxy) is 1. The van der Waals surface area contributed by atoms with E-state index in [4.69, 9.17) is 4.74 Å². The minimum atomic E-state index is -3.72. The van der Waals surface area contributed by atoms with Gasteiger partial charge in [-0.3, -0.25) is 4.79 Å². The van der Waals surface area contributed by atoms with Crippen LogP contribution in [0.3, 0.4) is 0 Å². The van der Waals surface area contributed by atoms with Crippen molar-refractivity contribution < 1.29 is 22.3 Å². The van der Waals surface area contributed by atoms with Crippen LogP contribution in [-0.2, 0) is 26.1 Å². The number of halogens is 2. The van der Waals surface area contributed by atoms with Gasteiger partial charge in [0.25, 0.3) is 10.0 Å². The third kappa shape index (κ3) is 4.29. The van der Waals surface area contributed by atoms with E-state index in [0.29, 0.717) is 17.7 Å². The standard InChI is InChI=1S/C15H16BrFN4O4S/c16-11-1-2-13(12(17)7-11)19-14(22)8-20-9-15(18-10-20)26(23,24)21-3-5-25-6-4-21/h1-2,7,9-10H,3-6,8H2,(H,19,22). The summed E-state index contributed by atoms with van der Waals surface area (Å²) in [5.41, 5.74) is 0.0412. The maximum atomic E-state index is 13.8. The van der Waals surface area contributed by atoms with Crippen molar-refractivity contribution >= 4 is 37.5 Å². The molecule has 2 aromatic rings. The van der Waals surface area contributed by atoms with Crippen LogP contribution in [0.4, 0.5) is 10.1 Å². The maximum Gasteiger partial charge on any atom is 0.262 e. The average molecular weight is 447 g/mol. The summed E-state index contributed by atoms with van der Waals surface area (Å²) in [5, 5.41) is 2.30. The van der Waals surface area contributed by atoms with Crippen LogP contribution in [0.1, 0.15) is 0 Å². The number of aromatic nitrogens is 2. The highest BCUT2D eigenvalue weighted by atomic mass is 79.9. The molecular weight excluding hydrogens is 431 g/mol. The zero-order valence-corrected chi connectivity index (χ0v) is 16.0. The predicted octanol–water partition coefficient (Wildman–Crippen LogP) is 1.44. The molecule has 1 aromatic heterocycles. The van der Waals surface area contributed by atoms with Gasteiger partial charge in [-0.2, -0.15) is 4.31 Å². The van der Waals surface area contributed by atoms with Gasteiger partial charge in [0.1, 0.15) is 12.4 Å². The number of hydrogen-bond acceptors (Lipinski definition) is 5. The van der Waals surface area contributed by atoms with Gasteiger partial charge in [0, 0.05) is 23.8 Å².